The zero-order valence-electron chi connectivity index (χ0n) is 28.1. The highest BCUT2D eigenvalue weighted by Gasteiger charge is 2.32. The van der Waals surface area contributed by atoms with Crippen molar-refractivity contribution >= 4 is 17.9 Å². The molecule has 0 fully saturated rings. The molecular formula is C35H52N4O6. The monoisotopic (exact) mass is 624 g/mol. The maximum absolute atomic E-state index is 13.1. The van der Waals surface area contributed by atoms with Crippen molar-refractivity contribution in [2.75, 3.05) is 13.7 Å². The molecule has 0 aromatic carbocycles. The number of aromatic nitrogens is 2. The Morgan fingerprint density at radius 2 is 1.96 bits per heavy atom. The standard InChI is InChI=1S/C35H52N4O6/c1-9-10-15-28(45-34(42)39-22-21-36-24-39)16-13-20-37-33(41)32(35(5,6)7)38-31(40)17-12-11-14-25(2)23-26(3)29-18-19-30(43-8)27(4)44-29/h9-12,14,17,19,21-24,26-29,32H,13,15-16,18,20H2,1-8H3,(H,37,41)(H,38,40)/b10-9-,14-11-,17-12-,25-23+/t26-,27?,28-,29?,32+/m0/s1. The Morgan fingerprint density at radius 3 is 2.58 bits per heavy atom. The molecule has 248 valence electrons. The smallest absolute Gasteiger partial charge is 0.419 e. The number of imidazole rings is 1. The molecule has 10 nitrogen and oxygen atoms in total. The van der Waals surface area contributed by atoms with Crippen molar-refractivity contribution in [3.8, 4) is 0 Å². The third kappa shape index (κ3) is 13.3. The van der Waals surface area contributed by atoms with Crippen molar-refractivity contribution in [1.29, 1.82) is 0 Å². The van der Waals surface area contributed by atoms with Crippen molar-refractivity contribution in [2.24, 2.45) is 11.3 Å². The van der Waals surface area contributed by atoms with Gasteiger partial charge in [0.25, 0.3) is 0 Å². The van der Waals surface area contributed by atoms with Crippen LogP contribution in [0.1, 0.15) is 74.1 Å². The maximum atomic E-state index is 13.1. The highest BCUT2D eigenvalue weighted by Crippen LogP contribution is 2.26. The Balaban J connectivity index is 1.85. The molecular weight excluding hydrogens is 572 g/mol. The van der Waals surface area contributed by atoms with Crippen LogP contribution in [0, 0.1) is 11.3 Å². The molecule has 45 heavy (non-hydrogen) atoms. The van der Waals surface area contributed by atoms with Gasteiger partial charge in [-0.25, -0.2) is 14.3 Å². The minimum Gasteiger partial charge on any atom is -0.499 e. The van der Waals surface area contributed by atoms with Crippen molar-refractivity contribution in [3.05, 3.63) is 78.7 Å². The van der Waals surface area contributed by atoms with Gasteiger partial charge in [-0.05, 0) is 51.5 Å². The van der Waals surface area contributed by atoms with Gasteiger partial charge in [0.2, 0.25) is 11.8 Å². The Labute approximate surface area is 268 Å². The van der Waals surface area contributed by atoms with Gasteiger partial charge in [0.05, 0.1) is 13.2 Å². The van der Waals surface area contributed by atoms with Crippen molar-refractivity contribution in [3.63, 3.8) is 0 Å². The lowest BCUT2D eigenvalue weighted by Gasteiger charge is -2.30. The first kappa shape index (κ1) is 37.3. The second-order valence-corrected chi connectivity index (χ2v) is 12.4. The van der Waals surface area contributed by atoms with Crippen LogP contribution in [0.3, 0.4) is 0 Å². The quantitative estimate of drug-likeness (QED) is 0.106. The molecule has 2 amide bonds. The lowest BCUT2D eigenvalue weighted by atomic mass is 9.86. The van der Waals surface area contributed by atoms with E-state index in [1.54, 1.807) is 19.3 Å². The summed E-state index contributed by atoms with van der Waals surface area (Å²) in [6.45, 7) is 14.1. The van der Waals surface area contributed by atoms with Crippen LogP contribution in [0.2, 0.25) is 0 Å². The van der Waals surface area contributed by atoms with Crippen molar-refractivity contribution < 1.29 is 28.6 Å². The predicted octanol–water partition coefficient (Wildman–Crippen LogP) is 6.03. The predicted molar refractivity (Wildman–Crippen MR) is 176 cm³/mol. The number of nitrogens with one attached hydrogen (secondary N) is 2. The molecule has 5 atom stereocenters. The lowest BCUT2D eigenvalue weighted by molar-refractivity contribution is -0.129. The largest absolute Gasteiger partial charge is 0.499 e. The zero-order valence-corrected chi connectivity index (χ0v) is 28.1. The molecule has 1 aliphatic rings. The van der Waals surface area contributed by atoms with Gasteiger partial charge >= 0.3 is 6.09 Å². The van der Waals surface area contributed by atoms with E-state index in [-0.39, 0.29) is 36.0 Å². The minimum atomic E-state index is -0.732. The van der Waals surface area contributed by atoms with E-state index in [1.807, 2.05) is 59.8 Å². The van der Waals surface area contributed by atoms with Gasteiger partial charge in [-0.15, -0.1) is 0 Å². The molecule has 0 saturated heterocycles. The Kier molecular flexibility index (Phi) is 15.6. The summed E-state index contributed by atoms with van der Waals surface area (Å²) in [4.78, 5) is 42.0. The summed E-state index contributed by atoms with van der Waals surface area (Å²) >= 11 is 0. The number of rotatable bonds is 15. The van der Waals surface area contributed by atoms with E-state index in [4.69, 9.17) is 14.2 Å². The summed E-state index contributed by atoms with van der Waals surface area (Å²) in [5.74, 6) is 0.457. The van der Waals surface area contributed by atoms with Gasteiger partial charge in [0.15, 0.2) is 0 Å². The normalized spacial score (nSPS) is 19.7. The summed E-state index contributed by atoms with van der Waals surface area (Å²) in [7, 11) is 1.66. The fourth-order valence-electron chi connectivity index (χ4n) is 4.89. The van der Waals surface area contributed by atoms with Crippen LogP contribution in [-0.2, 0) is 23.8 Å². The van der Waals surface area contributed by atoms with E-state index < -0.39 is 17.6 Å². The van der Waals surface area contributed by atoms with E-state index in [0.717, 1.165) is 17.8 Å². The van der Waals surface area contributed by atoms with Crippen LogP contribution in [0.15, 0.2) is 78.7 Å². The van der Waals surface area contributed by atoms with E-state index in [0.29, 0.717) is 25.8 Å². The molecule has 2 unspecified atom stereocenters. The molecule has 2 rings (SSSR count). The third-order valence-electron chi connectivity index (χ3n) is 7.43. The molecule has 2 heterocycles. The number of carbonyl (C=O) groups excluding carboxylic acids is 3. The summed E-state index contributed by atoms with van der Waals surface area (Å²) in [5, 5.41) is 5.78. The fraction of sp³-hybridized carbons (Fsp3) is 0.543. The number of ether oxygens (including phenoxy) is 3. The van der Waals surface area contributed by atoms with E-state index in [1.165, 1.54) is 29.4 Å². The Morgan fingerprint density at radius 1 is 1.22 bits per heavy atom. The topological polar surface area (TPSA) is 121 Å². The van der Waals surface area contributed by atoms with E-state index in [9.17, 15) is 14.4 Å². The van der Waals surface area contributed by atoms with Crippen LogP contribution in [0.4, 0.5) is 4.79 Å². The Hall–Kier alpha value is -3.92. The van der Waals surface area contributed by atoms with Crippen LogP contribution in [0.25, 0.3) is 0 Å². The number of nitrogens with zero attached hydrogens (tertiary/aromatic N) is 2. The van der Waals surface area contributed by atoms with Gasteiger partial charge < -0.3 is 24.8 Å². The molecule has 0 saturated carbocycles. The Bertz CT molecular complexity index is 1240. The van der Waals surface area contributed by atoms with Gasteiger partial charge in [-0.3, -0.25) is 9.59 Å². The molecule has 1 aliphatic heterocycles. The van der Waals surface area contributed by atoms with Gasteiger partial charge in [-0.2, -0.15) is 0 Å². The van der Waals surface area contributed by atoms with Crippen molar-refractivity contribution in [2.45, 2.75) is 98.5 Å². The molecule has 1 aromatic heterocycles. The summed E-state index contributed by atoms with van der Waals surface area (Å²) in [6, 6.07) is -0.732. The minimum absolute atomic E-state index is 0.0632. The average Bonchev–Trinajstić information content (AvgIpc) is 3.53. The van der Waals surface area contributed by atoms with Crippen molar-refractivity contribution in [1.82, 2.24) is 20.2 Å². The summed E-state index contributed by atoms with van der Waals surface area (Å²) in [5.41, 5.74) is 0.549. The molecule has 0 spiro atoms. The van der Waals surface area contributed by atoms with Gasteiger partial charge in [0.1, 0.15) is 30.3 Å². The molecule has 0 aliphatic carbocycles. The molecule has 0 bridgehead atoms. The summed E-state index contributed by atoms with van der Waals surface area (Å²) < 4.78 is 18.3. The highest BCUT2D eigenvalue weighted by molar-refractivity contribution is 5.93. The fourth-order valence-corrected chi connectivity index (χ4v) is 4.89. The van der Waals surface area contributed by atoms with Gasteiger partial charge in [0, 0.05) is 37.4 Å². The number of carbonyl (C=O) groups is 3. The van der Waals surface area contributed by atoms with Crippen LogP contribution in [0.5, 0.6) is 0 Å². The van der Waals surface area contributed by atoms with Crippen LogP contribution in [-0.4, -0.2) is 65.5 Å². The molecule has 1 aromatic rings. The SMILES string of the molecule is C/C=C\C[C@@H](CCCNC(=O)[C@@H](NC(=O)\C=C/C=C\C(C)=C\[C@H](C)C1CC=C(OC)C(C)O1)C(C)(C)C)OC(=O)n1ccnc1. The first-order valence-electron chi connectivity index (χ1n) is 15.7. The highest BCUT2D eigenvalue weighted by atomic mass is 16.6. The van der Waals surface area contributed by atoms with Crippen LogP contribution >= 0.6 is 0 Å². The third-order valence-corrected chi connectivity index (χ3v) is 7.43. The number of amides is 2. The first-order valence-corrected chi connectivity index (χ1v) is 15.7. The average molecular weight is 625 g/mol. The maximum Gasteiger partial charge on any atom is 0.419 e. The van der Waals surface area contributed by atoms with E-state index in [2.05, 4.69) is 34.7 Å². The van der Waals surface area contributed by atoms with Gasteiger partial charge in [-0.1, -0.05) is 69.7 Å². The second-order valence-electron chi connectivity index (χ2n) is 12.4. The van der Waals surface area contributed by atoms with E-state index >= 15 is 0 Å². The number of hydrogen-bond donors (Lipinski definition) is 2. The lowest BCUT2D eigenvalue weighted by Crippen LogP contribution is -2.53. The zero-order chi connectivity index (χ0) is 33.4. The number of methoxy groups -OCH3 is 1. The number of hydrogen-bond acceptors (Lipinski definition) is 7. The van der Waals surface area contributed by atoms with Crippen LogP contribution < -0.4 is 10.6 Å². The summed E-state index contributed by atoms with van der Waals surface area (Å²) in [6.07, 6.45) is 21.1. The molecule has 10 heteroatoms. The first-order chi connectivity index (χ1) is 21.3. The molecule has 2 N–H and O–H groups in total. The second kappa shape index (κ2) is 18.8. The number of allylic oxidation sites excluding steroid dienone is 5. The molecule has 0 radical (unpaired) electrons.